The minimum atomic E-state index is -0.211. The second kappa shape index (κ2) is 15.6. The molecule has 0 atom stereocenters. The molecule has 0 fully saturated rings. The number of para-hydroxylation sites is 1. The molecule has 0 radical (unpaired) electrons. The van der Waals surface area contributed by atoms with E-state index in [0.717, 1.165) is 67.9 Å². The van der Waals surface area contributed by atoms with Crippen LogP contribution in [0.4, 0.5) is 5.69 Å². The third-order valence-corrected chi connectivity index (χ3v) is 5.79. The number of hydrogen-bond acceptors (Lipinski definition) is 6. The first kappa shape index (κ1) is 29.8. The van der Waals surface area contributed by atoms with Gasteiger partial charge in [-0.15, -0.1) is 24.8 Å². The fraction of sp³-hybridized carbons (Fsp3) is 0.462. The summed E-state index contributed by atoms with van der Waals surface area (Å²) >= 11 is 0. The lowest BCUT2D eigenvalue weighted by Crippen LogP contribution is -2.29. The predicted molar refractivity (Wildman–Crippen MR) is 141 cm³/mol. The molecule has 34 heavy (non-hydrogen) atoms. The summed E-state index contributed by atoms with van der Waals surface area (Å²) < 4.78 is 10.4. The van der Waals surface area contributed by atoms with Crippen LogP contribution in [-0.2, 0) is 22.4 Å². The van der Waals surface area contributed by atoms with Gasteiger partial charge in [0.1, 0.15) is 12.3 Å². The summed E-state index contributed by atoms with van der Waals surface area (Å²) in [5.41, 5.74) is 4.15. The van der Waals surface area contributed by atoms with Gasteiger partial charge >= 0.3 is 5.97 Å². The monoisotopic (exact) mass is 510 g/mol. The number of Topliss-reactive ketones (excluding diaryl/α,β-unsaturated/α-hetero) is 1. The normalized spacial score (nSPS) is 11.8. The van der Waals surface area contributed by atoms with Gasteiger partial charge in [-0.2, -0.15) is 0 Å². The number of ketones is 1. The standard InChI is InChI=1S/C26H34N2O4.2ClH/c1-3-32-26(30)19-28-17-14-21-18-22(11-12-23(21)28)24(29)9-6-7-15-27-16-13-20-8-4-5-10-25(20)31-2;;/h4-5,8,10-12,18,27H,3,6-7,9,13-17,19H2,1-2H3;2*1H. The Morgan fingerprint density at radius 1 is 1.06 bits per heavy atom. The van der Waals surface area contributed by atoms with E-state index in [1.165, 1.54) is 5.56 Å². The molecule has 0 aliphatic carbocycles. The van der Waals surface area contributed by atoms with Crippen molar-refractivity contribution in [2.45, 2.75) is 39.0 Å². The van der Waals surface area contributed by atoms with Crippen LogP contribution in [0.5, 0.6) is 5.75 Å². The number of carbonyl (C=O) groups excluding carboxylic acids is 2. The second-order valence-electron chi connectivity index (χ2n) is 8.01. The minimum Gasteiger partial charge on any atom is -0.496 e. The van der Waals surface area contributed by atoms with E-state index in [1.54, 1.807) is 7.11 Å². The molecule has 1 heterocycles. The van der Waals surface area contributed by atoms with Crippen LogP contribution < -0.4 is 15.0 Å². The third kappa shape index (κ3) is 8.49. The van der Waals surface area contributed by atoms with Crippen molar-refractivity contribution in [2.24, 2.45) is 0 Å². The van der Waals surface area contributed by atoms with Crippen LogP contribution in [0.25, 0.3) is 0 Å². The molecule has 188 valence electrons. The smallest absolute Gasteiger partial charge is 0.325 e. The Hall–Kier alpha value is -2.28. The zero-order valence-electron chi connectivity index (χ0n) is 20.0. The quantitative estimate of drug-likeness (QED) is 0.240. The molecule has 1 aliphatic heterocycles. The highest BCUT2D eigenvalue weighted by atomic mass is 35.5. The zero-order chi connectivity index (χ0) is 22.8. The Kier molecular flexibility index (Phi) is 13.6. The highest BCUT2D eigenvalue weighted by Crippen LogP contribution is 2.29. The van der Waals surface area contributed by atoms with E-state index in [-0.39, 0.29) is 43.1 Å². The van der Waals surface area contributed by atoms with E-state index in [9.17, 15) is 9.59 Å². The molecule has 0 saturated carbocycles. The first-order chi connectivity index (χ1) is 15.6. The van der Waals surface area contributed by atoms with Gasteiger partial charge < -0.3 is 19.7 Å². The SMILES string of the molecule is CCOC(=O)CN1CCc2cc(C(=O)CCCCNCCc3ccccc3OC)ccc21.Cl.Cl. The van der Waals surface area contributed by atoms with Crippen LogP contribution in [0.15, 0.2) is 42.5 Å². The average Bonchev–Trinajstić information content (AvgIpc) is 3.20. The predicted octanol–water partition coefficient (Wildman–Crippen LogP) is 4.65. The summed E-state index contributed by atoms with van der Waals surface area (Å²) in [6, 6.07) is 13.9. The van der Waals surface area contributed by atoms with Gasteiger partial charge in [0, 0.05) is 24.2 Å². The molecule has 0 unspecified atom stereocenters. The van der Waals surface area contributed by atoms with E-state index >= 15 is 0 Å². The molecule has 8 heteroatoms. The summed E-state index contributed by atoms with van der Waals surface area (Å²) in [5, 5.41) is 3.45. The fourth-order valence-corrected chi connectivity index (χ4v) is 4.11. The first-order valence-electron chi connectivity index (χ1n) is 11.5. The maximum Gasteiger partial charge on any atom is 0.325 e. The van der Waals surface area contributed by atoms with Gasteiger partial charge in [-0.1, -0.05) is 18.2 Å². The van der Waals surface area contributed by atoms with Crippen molar-refractivity contribution >= 4 is 42.3 Å². The number of methoxy groups -OCH3 is 1. The van der Waals surface area contributed by atoms with Gasteiger partial charge in [0.15, 0.2) is 5.78 Å². The van der Waals surface area contributed by atoms with Crippen LogP contribution in [0.1, 0.15) is 47.7 Å². The highest BCUT2D eigenvalue weighted by molar-refractivity contribution is 5.97. The van der Waals surface area contributed by atoms with E-state index in [4.69, 9.17) is 9.47 Å². The molecule has 0 aromatic heterocycles. The minimum absolute atomic E-state index is 0. The van der Waals surface area contributed by atoms with Crippen LogP contribution in [0.3, 0.4) is 0 Å². The summed E-state index contributed by atoms with van der Waals surface area (Å²) in [6.07, 6.45) is 4.17. The van der Waals surface area contributed by atoms with Gasteiger partial charge in [-0.25, -0.2) is 0 Å². The summed E-state index contributed by atoms with van der Waals surface area (Å²) in [6.45, 7) is 5.04. The first-order valence-corrected chi connectivity index (χ1v) is 11.5. The Morgan fingerprint density at radius 3 is 2.62 bits per heavy atom. The number of nitrogens with one attached hydrogen (secondary N) is 1. The number of unbranched alkanes of at least 4 members (excludes halogenated alkanes) is 1. The Labute approximate surface area is 215 Å². The lowest BCUT2D eigenvalue weighted by molar-refractivity contribution is -0.141. The average molecular weight is 511 g/mol. The van der Waals surface area contributed by atoms with Crippen LogP contribution in [0, 0.1) is 0 Å². The Bertz CT molecular complexity index is 923. The third-order valence-electron chi connectivity index (χ3n) is 5.79. The maximum absolute atomic E-state index is 12.6. The number of rotatable bonds is 13. The molecule has 1 N–H and O–H groups in total. The number of ether oxygens (including phenoxy) is 2. The number of nitrogens with zero attached hydrogens (tertiary/aromatic N) is 1. The molecule has 0 bridgehead atoms. The molecular formula is C26H36Cl2N2O4. The molecule has 0 saturated heterocycles. The molecule has 6 nitrogen and oxygen atoms in total. The van der Waals surface area contributed by atoms with Crippen molar-refractivity contribution in [1.29, 1.82) is 0 Å². The zero-order valence-corrected chi connectivity index (χ0v) is 21.6. The Balaban J connectivity index is 0.00000289. The topological polar surface area (TPSA) is 67.9 Å². The Morgan fingerprint density at radius 2 is 1.85 bits per heavy atom. The lowest BCUT2D eigenvalue weighted by atomic mass is 10.0. The van der Waals surface area contributed by atoms with Gasteiger partial charge in [0.05, 0.1) is 13.7 Å². The van der Waals surface area contributed by atoms with E-state index < -0.39 is 0 Å². The summed E-state index contributed by atoms with van der Waals surface area (Å²) in [7, 11) is 1.70. The van der Waals surface area contributed by atoms with Crippen molar-refractivity contribution in [3.05, 3.63) is 59.2 Å². The van der Waals surface area contributed by atoms with Crippen molar-refractivity contribution < 1.29 is 19.1 Å². The number of halogens is 2. The molecule has 1 aliphatic rings. The number of carbonyl (C=O) groups is 2. The van der Waals surface area contributed by atoms with Crippen LogP contribution in [0.2, 0.25) is 0 Å². The van der Waals surface area contributed by atoms with Crippen molar-refractivity contribution in [2.75, 3.05) is 44.8 Å². The van der Waals surface area contributed by atoms with E-state index in [2.05, 4.69) is 11.4 Å². The molecule has 0 spiro atoms. The number of benzene rings is 2. The highest BCUT2D eigenvalue weighted by Gasteiger charge is 2.22. The van der Waals surface area contributed by atoms with Crippen molar-refractivity contribution in [1.82, 2.24) is 5.32 Å². The largest absolute Gasteiger partial charge is 0.496 e. The number of hydrogen-bond donors (Lipinski definition) is 1. The molecular weight excluding hydrogens is 475 g/mol. The van der Waals surface area contributed by atoms with E-state index in [0.29, 0.717) is 13.0 Å². The maximum atomic E-state index is 12.6. The van der Waals surface area contributed by atoms with Crippen molar-refractivity contribution in [3.8, 4) is 5.75 Å². The van der Waals surface area contributed by atoms with Crippen LogP contribution in [-0.4, -0.2) is 51.6 Å². The number of fused-ring (bicyclic) bond motifs is 1. The number of esters is 1. The molecule has 0 amide bonds. The lowest BCUT2D eigenvalue weighted by Gasteiger charge is -2.18. The molecule has 2 aromatic rings. The fourth-order valence-electron chi connectivity index (χ4n) is 4.11. The van der Waals surface area contributed by atoms with Gasteiger partial charge in [0.2, 0.25) is 0 Å². The second-order valence-corrected chi connectivity index (χ2v) is 8.01. The van der Waals surface area contributed by atoms with Gasteiger partial charge in [-0.05, 0) is 81.1 Å². The molecule has 2 aromatic carbocycles. The van der Waals surface area contributed by atoms with Gasteiger partial charge in [-0.3, -0.25) is 9.59 Å². The summed E-state index contributed by atoms with van der Waals surface area (Å²) in [5.74, 6) is 0.904. The molecule has 3 rings (SSSR count). The van der Waals surface area contributed by atoms with Gasteiger partial charge in [0.25, 0.3) is 0 Å². The summed E-state index contributed by atoms with van der Waals surface area (Å²) in [4.78, 5) is 26.4. The van der Waals surface area contributed by atoms with Crippen molar-refractivity contribution in [3.63, 3.8) is 0 Å². The number of anilines is 1. The van der Waals surface area contributed by atoms with Crippen LogP contribution >= 0.6 is 24.8 Å². The van der Waals surface area contributed by atoms with E-state index in [1.807, 2.05) is 48.2 Å².